The zero-order chi connectivity index (χ0) is 11.4. The first-order valence-corrected chi connectivity index (χ1v) is 5.01. The molecule has 0 fully saturated rings. The summed E-state index contributed by atoms with van der Waals surface area (Å²) in [4.78, 5) is 10.3. The average molecular weight is 204 g/mol. The second kappa shape index (κ2) is 4.74. The Bertz CT molecular complexity index is 350. The van der Waals surface area contributed by atoms with Crippen molar-refractivity contribution < 1.29 is 0 Å². The minimum absolute atomic E-state index is 0.351. The summed E-state index contributed by atoms with van der Waals surface area (Å²) in [6.45, 7) is 6.47. The van der Waals surface area contributed by atoms with Crippen LogP contribution in [-0.4, -0.2) is 23.1 Å². The molecule has 0 N–H and O–H groups in total. The topological polar surface area (TPSA) is 52.8 Å². The molecule has 1 atom stereocenters. The highest BCUT2D eigenvalue weighted by Gasteiger charge is 2.14. The molecule has 1 unspecified atom stereocenters. The Hall–Kier alpha value is -1.63. The molecular formula is C11H16N4. The molecule has 0 saturated heterocycles. The van der Waals surface area contributed by atoms with Gasteiger partial charge in [0.1, 0.15) is 11.9 Å². The van der Waals surface area contributed by atoms with Crippen LogP contribution in [-0.2, 0) is 0 Å². The zero-order valence-electron chi connectivity index (χ0n) is 9.60. The highest BCUT2D eigenvalue weighted by atomic mass is 15.2. The molecule has 1 rings (SSSR count). The maximum atomic E-state index is 8.60. The first-order valence-electron chi connectivity index (χ1n) is 5.01. The van der Waals surface area contributed by atoms with Crippen molar-refractivity contribution in [3.05, 3.63) is 18.1 Å². The van der Waals surface area contributed by atoms with Crippen LogP contribution >= 0.6 is 0 Å². The molecule has 0 aliphatic rings. The van der Waals surface area contributed by atoms with E-state index in [4.69, 9.17) is 5.26 Å². The third-order valence-electron chi connectivity index (χ3n) is 2.69. The second-order valence-corrected chi connectivity index (χ2v) is 3.97. The van der Waals surface area contributed by atoms with Crippen molar-refractivity contribution in [1.82, 2.24) is 9.97 Å². The number of aromatic nitrogens is 2. The van der Waals surface area contributed by atoms with Crippen LogP contribution in [0.3, 0.4) is 0 Å². The standard InChI is InChI=1S/C11H16N4/c1-8(2)9(3)15(4)11-7-13-10(5-12)6-14-11/h6-9H,1-4H3. The van der Waals surface area contributed by atoms with E-state index in [2.05, 4.69) is 35.6 Å². The van der Waals surface area contributed by atoms with Gasteiger partial charge >= 0.3 is 0 Å². The van der Waals surface area contributed by atoms with Crippen LogP contribution < -0.4 is 4.90 Å². The van der Waals surface area contributed by atoms with Gasteiger partial charge in [-0.05, 0) is 12.8 Å². The van der Waals surface area contributed by atoms with E-state index in [1.807, 2.05) is 13.1 Å². The lowest BCUT2D eigenvalue weighted by atomic mass is 10.1. The predicted octanol–water partition coefficient (Wildman–Crippen LogP) is 1.83. The Morgan fingerprint density at radius 3 is 2.33 bits per heavy atom. The number of anilines is 1. The fraction of sp³-hybridized carbons (Fsp3) is 0.545. The van der Waals surface area contributed by atoms with E-state index in [0.29, 0.717) is 17.7 Å². The molecule has 0 aliphatic heterocycles. The van der Waals surface area contributed by atoms with Crippen LogP contribution in [0.5, 0.6) is 0 Å². The van der Waals surface area contributed by atoms with Gasteiger partial charge in [0.15, 0.2) is 5.69 Å². The van der Waals surface area contributed by atoms with Crippen LogP contribution in [0.15, 0.2) is 12.4 Å². The Balaban J connectivity index is 2.83. The van der Waals surface area contributed by atoms with Crippen molar-refractivity contribution in [2.24, 2.45) is 5.92 Å². The van der Waals surface area contributed by atoms with E-state index in [-0.39, 0.29) is 0 Å². The SMILES string of the molecule is CC(C)C(C)N(C)c1cnc(C#N)cn1. The molecule has 0 saturated carbocycles. The maximum absolute atomic E-state index is 8.60. The zero-order valence-corrected chi connectivity index (χ0v) is 9.60. The fourth-order valence-electron chi connectivity index (χ4n) is 1.22. The van der Waals surface area contributed by atoms with Crippen LogP contribution in [0.4, 0.5) is 5.82 Å². The number of nitrogens with zero attached hydrogens (tertiary/aromatic N) is 4. The van der Waals surface area contributed by atoms with Crippen molar-refractivity contribution >= 4 is 5.82 Å². The number of hydrogen-bond acceptors (Lipinski definition) is 4. The summed E-state index contributed by atoms with van der Waals surface area (Å²) in [5.41, 5.74) is 0.351. The van der Waals surface area contributed by atoms with Gasteiger partial charge in [-0.3, -0.25) is 0 Å². The molecule has 4 nitrogen and oxygen atoms in total. The normalized spacial score (nSPS) is 12.3. The Morgan fingerprint density at radius 1 is 1.27 bits per heavy atom. The number of hydrogen-bond donors (Lipinski definition) is 0. The summed E-state index contributed by atoms with van der Waals surface area (Å²) in [6.07, 6.45) is 3.14. The van der Waals surface area contributed by atoms with Gasteiger partial charge in [-0.25, -0.2) is 9.97 Å². The van der Waals surface area contributed by atoms with E-state index >= 15 is 0 Å². The van der Waals surface area contributed by atoms with Crippen molar-refractivity contribution in [2.75, 3.05) is 11.9 Å². The van der Waals surface area contributed by atoms with Gasteiger partial charge in [-0.15, -0.1) is 0 Å². The molecule has 1 aromatic heterocycles. The first-order chi connectivity index (χ1) is 7.06. The molecule has 80 valence electrons. The molecule has 0 aromatic carbocycles. The molecule has 0 spiro atoms. The average Bonchev–Trinajstić information content (AvgIpc) is 2.27. The lowest BCUT2D eigenvalue weighted by Crippen LogP contribution is -2.33. The van der Waals surface area contributed by atoms with Gasteiger partial charge in [-0.1, -0.05) is 13.8 Å². The number of rotatable bonds is 3. The van der Waals surface area contributed by atoms with E-state index < -0.39 is 0 Å². The highest BCUT2D eigenvalue weighted by molar-refractivity contribution is 5.37. The van der Waals surface area contributed by atoms with Crippen LogP contribution in [0.2, 0.25) is 0 Å². The third-order valence-corrected chi connectivity index (χ3v) is 2.69. The van der Waals surface area contributed by atoms with E-state index in [1.54, 1.807) is 6.20 Å². The van der Waals surface area contributed by atoms with Gasteiger partial charge < -0.3 is 4.90 Å². The predicted molar refractivity (Wildman–Crippen MR) is 59.5 cm³/mol. The molecule has 0 amide bonds. The summed E-state index contributed by atoms with van der Waals surface area (Å²) in [7, 11) is 1.99. The van der Waals surface area contributed by atoms with Gasteiger partial charge in [0, 0.05) is 13.1 Å². The molecule has 0 radical (unpaired) electrons. The van der Waals surface area contributed by atoms with Crippen molar-refractivity contribution in [1.29, 1.82) is 5.26 Å². The summed E-state index contributed by atoms with van der Waals surface area (Å²) in [5.74, 6) is 1.35. The van der Waals surface area contributed by atoms with Gasteiger partial charge in [0.25, 0.3) is 0 Å². The molecule has 15 heavy (non-hydrogen) atoms. The monoisotopic (exact) mass is 204 g/mol. The Labute approximate surface area is 90.6 Å². The first kappa shape index (κ1) is 11.4. The summed E-state index contributed by atoms with van der Waals surface area (Å²) < 4.78 is 0. The number of nitriles is 1. The maximum Gasteiger partial charge on any atom is 0.158 e. The van der Waals surface area contributed by atoms with Crippen molar-refractivity contribution in [3.63, 3.8) is 0 Å². The van der Waals surface area contributed by atoms with Crippen molar-refractivity contribution in [3.8, 4) is 6.07 Å². The Kier molecular flexibility index (Phi) is 3.62. The molecule has 1 heterocycles. The van der Waals surface area contributed by atoms with E-state index in [1.165, 1.54) is 6.20 Å². The van der Waals surface area contributed by atoms with E-state index in [0.717, 1.165) is 5.82 Å². The summed E-state index contributed by atoms with van der Waals surface area (Å²) in [6, 6.07) is 2.35. The quantitative estimate of drug-likeness (QED) is 0.753. The smallest absolute Gasteiger partial charge is 0.158 e. The lowest BCUT2D eigenvalue weighted by molar-refractivity contribution is 0.502. The van der Waals surface area contributed by atoms with Gasteiger partial charge in [0.05, 0.1) is 12.4 Å². The van der Waals surface area contributed by atoms with Crippen LogP contribution in [0.25, 0.3) is 0 Å². The highest BCUT2D eigenvalue weighted by Crippen LogP contribution is 2.15. The molecular weight excluding hydrogens is 188 g/mol. The molecule has 0 bridgehead atoms. The minimum Gasteiger partial charge on any atom is -0.355 e. The van der Waals surface area contributed by atoms with Crippen LogP contribution in [0.1, 0.15) is 26.5 Å². The fourth-order valence-corrected chi connectivity index (χ4v) is 1.22. The molecule has 4 heteroatoms. The second-order valence-electron chi connectivity index (χ2n) is 3.97. The van der Waals surface area contributed by atoms with E-state index in [9.17, 15) is 0 Å². The van der Waals surface area contributed by atoms with Gasteiger partial charge in [0.2, 0.25) is 0 Å². The molecule has 1 aromatic rings. The third kappa shape index (κ3) is 2.66. The van der Waals surface area contributed by atoms with Gasteiger partial charge in [-0.2, -0.15) is 5.26 Å². The van der Waals surface area contributed by atoms with Crippen LogP contribution in [0, 0.1) is 17.2 Å². The van der Waals surface area contributed by atoms with Crippen molar-refractivity contribution in [2.45, 2.75) is 26.8 Å². The Morgan fingerprint density at radius 2 is 1.93 bits per heavy atom. The summed E-state index contributed by atoms with van der Waals surface area (Å²) in [5, 5.41) is 8.60. The minimum atomic E-state index is 0.351. The summed E-state index contributed by atoms with van der Waals surface area (Å²) >= 11 is 0. The lowest BCUT2D eigenvalue weighted by Gasteiger charge is -2.28. The largest absolute Gasteiger partial charge is 0.355 e. The molecule has 0 aliphatic carbocycles.